The molecule has 0 spiro atoms. The van der Waals surface area contributed by atoms with Crippen LogP contribution in [-0.2, 0) is 4.79 Å². The minimum Gasteiger partial charge on any atom is -0.482 e. The Morgan fingerprint density at radius 2 is 1.77 bits per heavy atom. The van der Waals surface area contributed by atoms with E-state index in [4.69, 9.17) is 44.1 Å². The Morgan fingerprint density at radius 1 is 1.08 bits per heavy atom. The van der Waals surface area contributed by atoms with Crippen molar-refractivity contribution >= 4 is 46.6 Å². The number of carbonyl (C=O) groups is 1. The monoisotopic (exact) mass is 410 g/mol. The zero-order valence-corrected chi connectivity index (χ0v) is 15.8. The number of nitrogens with zero attached hydrogens (tertiary/aromatic N) is 1. The van der Waals surface area contributed by atoms with E-state index in [1.807, 2.05) is 31.2 Å². The number of nitrogens with one attached hydrogen (secondary N) is 1. The number of hydrogen-bond donors (Lipinski definition) is 1. The van der Waals surface area contributed by atoms with Gasteiger partial charge in [0, 0.05) is 17.7 Å². The highest BCUT2D eigenvalue weighted by molar-refractivity contribution is 6.43. The molecule has 3 aromatic rings. The molecule has 0 aliphatic rings. The summed E-state index contributed by atoms with van der Waals surface area (Å²) in [7, 11) is 0. The Hall–Kier alpha value is -2.21. The third kappa shape index (κ3) is 4.49. The van der Waals surface area contributed by atoms with Gasteiger partial charge in [-0.05, 0) is 13.0 Å². The van der Waals surface area contributed by atoms with E-state index in [0.29, 0.717) is 10.7 Å². The van der Waals surface area contributed by atoms with Crippen LogP contribution in [0.1, 0.15) is 5.56 Å². The minimum atomic E-state index is -0.432. The molecule has 0 atom stereocenters. The fraction of sp³-hybridized carbons (Fsp3) is 0.111. The molecule has 0 unspecified atom stereocenters. The van der Waals surface area contributed by atoms with Crippen LogP contribution in [0, 0.1) is 6.92 Å². The van der Waals surface area contributed by atoms with Crippen molar-refractivity contribution in [1.29, 1.82) is 0 Å². The first kappa shape index (κ1) is 18.6. The molecule has 0 fully saturated rings. The zero-order chi connectivity index (χ0) is 18.7. The number of carbonyl (C=O) groups excluding carboxylic acids is 1. The molecule has 134 valence electrons. The molecule has 0 saturated heterocycles. The van der Waals surface area contributed by atoms with Gasteiger partial charge in [0.1, 0.15) is 11.4 Å². The fourth-order valence-corrected chi connectivity index (χ4v) is 2.72. The van der Waals surface area contributed by atoms with E-state index in [0.717, 1.165) is 11.1 Å². The predicted octanol–water partition coefficient (Wildman–Crippen LogP) is 5.63. The summed E-state index contributed by atoms with van der Waals surface area (Å²) < 4.78 is 10.5. The molecule has 0 aliphatic carbocycles. The van der Waals surface area contributed by atoms with E-state index in [9.17, 15) is 4.79 Å². The molecule has 0 aliphatic heterocycles. The maximum atomic E-state index is 12.0. The summed E-state index contributed by atoms with van der Waals surface area (Å²) in [6.07, 6.45) is 0. The van der Waals surface area contributed by atoms with Crippen LogP contribution in [0.4, 0.5) is 5.88 Å². The smallest absolute Gasteiger partial charge is 0.264 e. The summed E-state index contributed by atoms with van der Waals surface area (Å²) in [5.41, 5.74) is 2.65. The molecule has 2 aromatic carbocycles. The van der Waals surface area contributed by atoms with Gasteiger partial charge in [0.25, 0.3) is 5.91 Å². The van der Waals surface area contributed by atoms with Crippen molar-refractivity contribution in [2.75, 3.05) is 11.9 Å². The van der Waals surface area contributed by atoms with Crippen molar-refractivity contribution < 1.29 is 14.1 Å². The molecule has 1 heterocycles. The van der Waals surface area contributed by atoms with Gasteiger partial charge in [-0.15, -0.1) is 0 Å². The van der Waals surface area contributed by atoms with Crippen LogP contribution in [0.2, 0.25) is 15.1 Å². The van der Waals surface area contributed by atoms with Crippen molar-refractivity contribution in [3.63, 3.8) is 0 Å². The number of aryl methyl sites for hydroxylation is 1. The largest absolute Gasteiger partial charge is 0.482 e. The second-order valence-electron chi connectivity index (χ2n) is 5.48. The fourth-order valence-electron chi connectivity index (χ4n) is 2.13. The van der Waals surface area contributed by atoms with Gasteiger partial charge < -0.3 is 9.26 Å². The molecule has 3 rings (SSSR count). The summed E-state index contributed by atoms with van der Waals surface area (Å²) in [5, 5.41) is 7.35. The number of hydrogen-bond acceptors (Lipinski definition) is 4. The summed E-state index contributed by atoms with van der Waals surface area (Å²) in [5.74, 6) is 0.0438. The van der Waals surface area contributed by atoms with E-state index < -0.39 is 5.91 Å². The molecule has 8 heteroatoms. The van der Waals surface area contributed by atoms with Crippen LogP contribution in [0.3, 0.4) is 0 Å². The average Bonchev–Trinajstić information content (AvgIpc) is 3.06. The summed E-state index contributed by atoms with van der Waals surface area (Å²) in [6.45, 7) is 1.72. The second-order valence-corrected chi connectivity index (χ2v) is 6.70. The number of halogens is 3. The Morgan fingerprint density at radius 3 is 2.50 bits per heavy atom. The third-order valence-electron chi connectivity index (χ3n) is 3.45. The van der Waals surface area contributed by atoms with Crippen molar-refractivity contribution in [2.45, 2.75) is 6.92 Å². The van der Waals surface area contributed by atoms with Gasteiger partial charge in [-0.2, -0.15) is 0 Å². The topological polar surface area (TPSA) is 64.4 Å². The van der Waals surface area contributed by atoms with Crippen LogP contribution in [0.5, 0.6) is 5.75 Å². The Kier molecular flexibility index (Phi) is 5.71. The molecular formula is C18H13Cl3N2O3. The lowest BCUT2D eigenvalue weighted by Gasteiger charge is -2.08. The minimum absolute atomic E-state index is 0.217. The number of aromatic nitrogens is 1. The average molecular weight is 412 g/mol. The normalized spacial score (nSPS) is 10.6. The Balaban J connectivity index is 1.60. The van der Waals surface area contributed by atoms with Crippen LogP contribution >= 0.6 is 34.8 Å². The van der Waals surface area contributed by atoms with Gasteiger partial charge in [0.05, 0.1) is 15.1 Å². The molecule has 0 saturated carbocycles. The third-order valence-corrected chi connectivity index (χ3v) is 4.47. The second kappa shape index (κ2) is 7.99. The number of amides is 1. The van der Waals surface area contributed by atoms with Crippen LogP contribution in [-0.4, -0.2) is 17.7 Å². The SMILES string of the molecule is Cc1ccc(-c2cc(NC(=O)COc3cc(Cl)c(Cl)cc3Cl)on2)cc1. The van der Waals surface area contributed by atoms with Crippen molar-refractivity contribution in [3.05, 3.63) is 63.1 Å². The number of ether oxygens (including phenoxy) is 1. The highest BCUT2D eigenvalue weighted by Crippen LogP contribution is 2.33. The molecule has 1 N–H and O–H groups in total. The molecule has 0 radical (unpaired) electrons. The first-order valence-corrected chi connectivity index (χ1v) is 8.67. The lowest BCUT2D eigenvalue weighted by atomic mass is 10.1. The summed E-state index contributed by atoms with van der Waals surface area (Å²) in [6, 6.07) is 12.3. The van der Waals surface area contributed by atoms with Crippen molar-refractivity contribution in [2.24, 2.45) is 0 Å². The van der Waals surface area contributed by atoms with Gasteiger partial charge >= 0.3 is 0 Å². The summed E-state index contributed by atoms with van der Waals surface area (Å²) in [4.78, 5) is 12.0. The van der Waals surface area contributed by atoms with Crippen LogP contribution in [0.15, 0.2) is 47.0 Å². The van der Waals surface area contributed by atoms with E-state index in [2.05, 4.69) is 10.5 Å². The van der Waals surface area contributed by atoms with Crippen LogP contribution < -0.4 is 10.1 Å². The maximum Gasteiger partial charge on any atom is 0.264 e. The first-order valence-electron chi connectivity index (χ1n) is 7.53. The lowest BCUT2D eigenvalue weighted by Crippen LogP contribution is -2.19. The van der Waals surface area contributed by atoms with E-state index >= 15 is 0 Å². The van der Waals surface area contributed by atoms with Gasteiger partial charge in [0.2, 0.25) is 5.88 Å². The van der Waals surface area contributed by atoms with E-state index in [-0.39, 0.29) is 28.3 Å². The molecule has 5 nitrogen and oxygen atoms in total. The van der Waals surface area contributed by atoms with Gasteiger partial charge in [-0.25, -0.2) is 0 Å². The highest BCUT2D eigenvalue weighted by Gasteiger charge is 2.12. The molecular weight excluding hydrogens is 399 g/mol. The first-order chi connectivity index (χ1) is 12.4. The molecule has 1 amide bonds. The van der Waals surface area contributed by atoms with Crippen molar-refractivity contribution in [3.8, 4) is 17.0 Å². The summed E-state index contributed by atoms with van der Waals surface area (Å²) >= 11 is 17.8. The Bertz CT molecular complexity index is 939. The van der Waals surface area contributed by atoms with Gasteiger partial charge in [0.15, 0.2) is 6.61 Å². The predicted molar refractivity (Wildman–Crippen MR) is 102 cm³/mol. The molecule has 0 bridgehead atoms. The van der Waals surface area contributed by atoms with Crippen LogP contribution in [0.25, 0.3) is 11.3 Å². The quantitative estimate of drug-likeness (QED) is 0.553. The molecule has 26 heavy (non-hydrogen) atoms. The Labute approximate surface area is 164 Å². The van der Waals surface area contributed by atoms with E-state index in [1.54, 1.807) is 6.07 Å². The van der Waals surface area contributed by atoms with E-state index in [1.165, 1.54) is 12.1 Å². The van der Waals surface area contributed by atoms with Crippen molar-refractivity contribution in [1.82, 2.24) is 5.16 Å². The number of benzene rings is 2. The zero-order valence-electron chi connectivity index (χ0n) is 13.6. The highest BCUT2D eigenvalue weighted by atomic mass is 35.5. The van der Waals surface area contributed by atoms with Gasteiger partial charge in [-0.3, -0.25) is 10.1 Å². The van der Waals surface area contributed by atoms with Gasteiger partial charge in [-0.1, -0.05) is 69.8 Å². The number of rotatable bonds is 5. The maximum absolute atomic E-state index is 12.0. The molecule has 1 aromatic heterocycles. The lowest BCUT2D eigenvalue weighted by molar-refractivity contribution is -0.118. The standard InChI is InChI=1S/C18H13Cl3N2O3/c1-10-2-4-11(5-3-10)15-8-18(26-23-15)22-17(24)9-25-16-7-13(20)12(19)6-14(16)21/h2-8H,9H2,1H3,(H,22,24). The number of anilines is 1.